The quantitative estimate of drug-likeness (QED) is 0.761. The van der Waals surface area contributed by atoms with Crippen molar-refractivity contribution in [1.29, 1.82) is 0 Å². The second kappa shape index (κ2) is 5.76. The first-order valence-corrected chi connectivity index (χ1v) is 6.47. The molecule has 1 unspecified atom stereocenters. The topological polar surface area (TPSA) is 9.23 Å². The van der Waals surface area contributed by atoms with Gasteiger partial charge >= 0.3 is 0 Å². The molecule has 0 aliphatic heterocycles. The molecule has 0 aliphatic rings. The summed E-state index contributed by atoms with van der Waals surface area (Å²) in [4.78, 5) is 0. The molecule has 0 amide bonds. The van der Waals surface area contributed by atoms with Crippen LogP contribution in [0.5, 0.6) is 5.75 Å². The molecule has 0 N–H and O–H groups in total. The predicted molar refractivity (Wildman–Crippen MR) is 67.4 cm³/mol. The van der Waals surface area contributed by atoms with E-state index in [-0.39, 0.29) is 0 Å². The Labute approximate surface area is 102 Å². The van der Waals surface area contributed by atoms with E-state index in [4.69, 9.17) is 4.74 Å². The Hall–Kier alpha value is -0.0200. The van der Waals surface area contributed by atoms with Gasteiger partial charge in [-0.3, -0.25) is 0 Å². The summed E-state index contributed by atoms with van der Waals surface area (Å²) >= 11 is 6.96. The highest BCUT2D eigenvalue weighted by Crippen LogP contribution is 2.26. The Kier molecular flexibility index (Phi) is 4.96. The van der Waals surface area contributed by atoms with Gasteiger partial charge in [-0.15, -0.1) is 0 Å². The Morgan fingerprint density at radius 1 is 1.43 bits per heavy atom. The minimum Gasteiger partial charge on any atom is -0.496 e. The second-order valence-corrected chi connectivity index (χ2v) is 4.93. The number of alkyl halides is 1. The van der Waals surface area contributed by atoms with Gasteiger partial charge < -0.3 is 4.74 Å². The summed E-state index contributed by atoms with van der Waals surface area (Å²) in [6.45, 7) is 2.23. The summed E-state index contributed by atoms with van der Waals surface area (Å²) in [5.41, 5.74) is 1.34. The van der Waals surface area contributed by atoms with Crippen LogP contribution in [-0.4, -0.2) is 12.4 Å². The van der Waals surface area contributed by atoms with Gasteiger partial charge in [-0.1, -0.05) is 28.9 Å². The Balaban J connectivity index is 2.76. The zero-order valence-corrected chi connectivity index (χ0v) is 11.6. The lowest BCUT2D eigenvalue weighted by molar-refractivity contribution is 0.412. The van der Waals surface area contributed by atoms with Crippen molar-refractivity contribution in [2.24, 2.45) is 5.92 Å². The fourth-order valence-corrected chi connectivity index (χ4v) is 2.11. The lowest BCUT2D eigenvalue weighted by atomic mass is 10.0. The van der Waals surface area contributed by atoms with E-state index in [1.165, 1.54) is 5.56 Å². The zero-order valence-electron chi connectivity index (χ0n) is 8.39. The van der Waals surface area contributed by atoms with Crippen LogP contribution in [0.2, 0.25) is 0 Å². The molecule has 14 heavy (non-hydrogen) atoms. The molecule has 0 fully saturated rings. The van der Waals surface area contributed by atoms with Gasteiger partial charge in [0, 0.05) is 5.33 Å². The number of hydrogen-bond acceptors (Lipinski definition) is 1. The fraction of sp³-hybridized carbons (Fsp3) is 0.455. The van der Waals surface area contributed by atoms with Crippen LogP contribution in [0.15, 0.2) is 22.7 Å². The predicted octanol–water partition coefficient (Wildman–Crippen LogP) is 4.03. The van der Waals surface area contributed by atoms with Crippen LogP contribution in [0, 0.1) is 5.92 Å². The van der Waals surface area contributed by atoms with Gasteiger partial charge in [0.1, 0.15) is 5.75 Å². The van der Waals surface area contributed by atoms with Crippen LogP contribution in [-0.2, 0) is 6.42 Å². The molecular formula is C11H14Br2O. The van der Waals surface area contributed by atoms with Gasteiger partial charge in [0.05, 0.1) is 11.6 Å². The second-order valence-electron chi connectivity index (χ2n) is 3.43. The SMILES string of the molecule is COc1ccc(CC(C)CBr)cc1Br. The van der Waals surface area contributed by atoms with Gasteiger partial charge in [-0.25, -0.2) is 0 Å². The van der Waals surface area contributed by atoms with E-state index >= 15 is 0 Å². The summed E-state index contributed by atoms with van der Waals surface area (Å²) in [5, 5.41) is 1.04. The average molecular weight is 322 g/mol. The maximum Gasteiger partial charge on any atom is 0.133 e. The van der Waals surface area contributed by atoms with Gasteiger partial charge in [0.25, 0.3) is 0 Å². The molecule has 1 aromatic carbocycles. The first-order valence-electron chi connectivity index (χ1n) is 4.55. The number of benzene rings is 1. The molecule has 78 valence electrons. The van der Waals surface area contributed by atoms with Gasteiger partial charge in [-0.2, -0.15) is 0 Å². The van der Waals surface area contributed by atoms with E-state index in [1.807, 2.05) is 6.07 Å². The summed E-state index contributed by atoms with van der Waals surface area (Å²) in [6, 6.07) is 6.24. The van der Waals surface area contributed by atoms with Crippen LogP contribution in [0.1, 0.15) is 12.5 Å². The minimum atomic E-state index is 0.662. The number of rotatable bonds is 4. The van der Waals surface area contributed by atoms with Crippen LogP contribution in [0.25, 0.3) is 0 Å². The van der Waals surface area contributed by atoms with Crippen molar-refractivity contribution in [3.8, 4) is 5.75 Å². The smallest absolute Gasteiger partial charge is 0.133 e. The Morgan fingerprint density at radius 3 is 2.64 bits per heavy atom. The van der Waals surface area contributed by atoms with Crippen molar-refractivity contribution in [2.45, 2.75) is 13.3 Å². The fourth-order valence-electron chi connectivity index (χ4n) is 1.29. The molecule has 3 heteroatoms. The standard InChI is InChI=1S/C11H14Br2O/c1-8(7-12)5-9-3-4-11(14-2)10(13)6-9/h3-4,6,8H,5,7H2,1-2H3. The first kappa shape index (κ1) is 12.1. The number of hydrogen-bond donors (Lipinski definition) is 0. The number of halogens is 2. The molecule has 1 atom stereocenters. The van der Waals surface area contributed by atoms with Crippen LogP contribution in [0.3, 0.4) is 0 Å². The maximum absolute atomic E-state index is 5.18. The summed E-state index contributed by atoms with van der Waals surface area (Å²) in [7, 11) is 1.68. The van der Waals surface area contributed by atoms with Gasteiger partial charge in [0.15, 0.2) is 0 Å². The first-order chi connectivity index (χ1) is 6.67. The summed E-state index contributed by atoms with van der Waals surface area (Å²) in [6.07, 6.45) is 1.09. The largest absolute Gasteiger partial charge is 0.496 e. The molecular weight excluding hydrogens is 308 g/mol. The zero-order chi connectivity index (χ0) is 10.6. The van der Waals surface area contributed by atoms with E-state index < -0.39 is 0 Å². The van der Waals surface area contributed by atoms with Crippen LogP contribution < -0.4 is 4.74 Å². The highest BCUT2D eigenvalue weighted by atomic mass is 79.9. The van der Waals surface area contributed by atoms with E-state index in [0.717, 1.165) is 22.0 Å². The van der Waals surface area contributed by atoms with E-state index in [2.05, 4.69) is 50.9 Å². The third-order valence-electron chi connectivity index (χ3n) is 2.06. The molecule has 1 rings (SSSR count). The molecule has 0 bridgehead atoms. The van der Waals surface area contributed by atoms with Crippen LogP contribution >= 0.6 is 31.9 Å². The third kappa shape index (κ3) is 3.28. The van der Waals surface area contributed by atoms with Crippen molar-refractivity contribution in [2.75, 3.05) is 12.4 Å². The van der Waals surface area contributed by atoms with Crippen molar-refractivity contribution >= 4 is 31.9 Å². The van der Waals surface area contributed by atoms with Gasteiger partial charge in [0.2, 0.25) is 0 Å². The summed E-state index contributed by atoms with van der Waals surface area (Å²) < 4.78 is 6.20. The highest BCUT2D eigenvalue weighted by Gasteiger charge is 2.05. The number of ether oxygens (including phenoxy) is 1. The molecule has 0 heterocycles. The highest BCUT2D eigenvalue weighted by molar-refractivity contribution is 9.10. The Bertz CT molecular complexity index is 299. The lowest BCUT2D eigenvalue weighted by Crippen LogP contribution is -2.00. The monoisotopic (exact) mass is 320 g/mol. The molecule has 0 saturated heterocycles. The van der Waals surface area contributed by atoms with Crippen molar-refractivity contribution in [3.63, 3.8) is 0 Å². The van der Waals surface area contributed by atoms with Crippen LogP contribution in [0.4, 0.5) is 0 Å². The van der Waals surface area contributed by atoms with Crippen molar-refractivity contribution in [1.82, 2.24) is 0 Å². The van der Waals surface area contributed by atoms with Crippen molar-refractivity contribution in [3.05, 3.63) is 28.2 Å². The molecule has 1 aromatic rings. The van der Waals surface area contributed by atoms with E-state index in [9.17, 15) is 0 Å². The number of methoxy groups -OCH3 is 1. The van der Waals surface area contributed by atoms with E-state index in [0.29, 0.717) is 5.92 Å². The molecule has 0 saturated carbocycles. The lowest BCUT2D eigenvalue weighted by Gasteiger charge is -2.09. The minimum absolute atomic E-state index is 0.662. The molecule has 0 spiro atoms. The average Bonchev–Trinajstić information content (AvgIpc) is 2.18. The summed E-state index contributed by atoms with van der Waals surface area (Å²) in [5.74, 6) is 1.55. The molecule has 0 radical (unpaired) electrons. The molecule has 1 nitrogen and oxygen atoms in total. The third-order valence-corrected chi connectivity index (χ3v) is 3.79. The van der Waals surface area contributed by atoms with Crippen molar-refractivity contribution < 1.29 is 4.74 Å². The molecule has 0 aliphatic carbocycles. The maximum atomic E-state index is 5.18. The van der Waals surface area contributed by atoms with Gasteiger partial charge in [-0.05, 0) is 46.0 Å². The van der Waals surface area contributed by atoms with E-state index in [1.54, 1.807) is 7.11 Å². The normalized spacial score (nSPS) is 12.6. The molecule has 0 aromatic heterocycles. The Morgan fingerprint density at radius 2 is 2.14 bits per heavy atom.